The van der Waals surface area contributed by atoms with E-state index < -0.39 is 61.9 Å². The highest BCUT2D eigenvalue weighted by Gasteiger charge is 2.47. The highest BCUT2D eigenvalue weighted by atomic mass is 35.5. The van der Waals surface area contributed by atoms with Crippen molar-refractivity contribution in [2.24, 2.45) is 5.92 Å². The third-order valence-corrected chi connectivity index (χ3v) is 9.43. The summed E-state index contributed by atoms with van der Waals surface area (Å²) in [5.74, 6) is -6.08. The molecule has 0 bridgehead atoms. The first-order valence-electron chi connectivity index (χ1n) is 14.0. The minimum absolute atomic E-state index is 0.148. The monoisotopic (exact) mass is 669 g/mol. The summed E-state index contributed by atoms with van der Waals surface area (Å²) in [7, 11) is -4.36. The van der Waals surface area contributed by atoms with E-state index in [1.165, 1.54) is 0 Å². The summed E-state index contributed by atoms with van der Waals surface area (Å²) < 4.78 is 80.1. The average molecular weight is 670 g/mol. The van der Waals surface area contributed by atoms with Crippen LogP contribution in [0.25, 0.3) is 11.5 Å². The van der Waals surface area contributed by atoms with Gasteiger partial charge in [-0.25, -0.2) is 26.4 Å². The van der Waals surface area contributed by atoms with Crippen molar-refractivity contribution >= 4 is 45.1 Å². The van der Waals surface area contributed by atoms with E-state index in [2.05, 4.69) is 20.8 Å². The van der Waals surface area contributed by atoms with Crippen LogP contribution in [0.4, 0.5) is 29.7 Å². The second-order valence-electron chi connectivity index (χ2n) is 12.2. The number of alkyl carbamates (subject to hydrolysis) is 1. The topological polar surface area (TPSA) is 144 Å². The highest BCUT2D eigenvalue weighted by Crippen LogP contribution is 2.44. The molecule has 1 saturated carbocycles. The van der Waals surface area contributed by atoms with Crippen LogP contribution in [0.3, 0.4) is 0 Å². The number of nitrogens with one attached hydrogen (secondary N) is 2. The van der Waals surface area contributed by atoms with E-state index in [0.29, 0.717) is 10.6 Å². The molecule has 0 spiro atoms. The molecule has 1 fully saturated rings. The number of hydrogen-bond donors (Lipinski definition) is 2. The van der Waals surface area contributed by atoms with Crippen molar-refractivity contribution in [3.8, 4) is 11.5 Å². The Kier molecular flexibility index (Phi) is 8.55. The Labute approximate surface area is 262 Å². The number of halogens is 4. The first-order valence-corrected chi connectivity index (χ1v) is 16.0. The molecule has 2 N–H and O–H groups in total. The lowest BCUT2D eigenvalue weighted by Crippen LogP contribution is -2.51. The fourth-order valence-electron chi connectivity index (χ4n) is 5.11. The summed E-state index contributed by atoms with van der Waals surface area (Å²) in [4.78, 5) is 27.1. The van der Waals surface area contributed by atoms with Crippen LogP contribution >= 0.6 is 11.6 Å². The Morgan fingerprint density at radius 1 is 1.20 bits per heavy atom. The van der Waals surface area contributed by atoms with E-state index in [9.17, 15) is 26.8 Å². The molecular weight excluding hydrogens is 639 g/mol. The number of anilines is 2. The van der Waals surface area contributed by atoms with Gasteiger partial charge in [0.1, 0.15) is 17.5 Å². The van der Waals surface area contributed by atoms with Crippen LogP contribution in [0.15, 0.2) is 45.7 Å². The second-order valence-corrected chi connectivity index (χ2v) is 14.6. The number of nitrogens with zero attached hydrogens (tertiary/aromatic N) is 3. The number of aromatic nitrogens is 2. The molecule has 2 heterocycles. The van der Waals surface area contributed by atoms with Crippen LogP contribution in [-0.4, -0.2) is 60.0 Å². The van der Waals surface area contributed by atoms with Crippen molar-refractivity contribution in [3.05, 3.63) is 52.8 Å². The van der Waals surface area contributed by atoms with Gasteiger partial charge in [0.25, 0.3) is 11.8 Å². The molecule has 11 nitrogen and oxygen atoms in total. The van der Waals surface area contributed by atoms with Crippen LogP contribution in [0.1, 0.15) is 46.1 Å². The molecule has 16 heteroatoms. The number of amides is 2. The Hall–Kier alpha value is -3.85. The standard InChI is InChI=1S/C29H31ClF3N5O6S/c1-15(17-11-29(32,33)12-17)34-26-37-36-24(43-26)19-9-22-23(10-20(19)31)45(41,42)14-21(35-27(40)44-28(2,3)4)25(39)38(22)13-16-5-7-18(30)8-6-16/h5-10,15,17,21H,11-14H2,1-4H3,(H,34,37)(H,35,40)/t15?,21-/m0/s1. The van der Waals surface area contributed by atoms with Gasteiger partial charge in [-0.1, -0.05) is 28.8 Å². The van der Waals surface area contributed by atoms with Gasteiger partial charge in [-0.05, 0) is 63.4 Å². The molecule has 2 aliphatic rings. The largest absolute Gasteiger partial charge is 0.444 e. The van der Waals surface area contributed by atoms with Gasteiger partial charge in [0.15, 0.2) is 9.84 Å². The molecule has 0 radical (unpaired) electrons. The van der Waals surface area contributed by atoms with E-state index in [0.717, 1.165) is 17.0 Å². The third kappa shape index (κ3) is 7.35. The minimum Gasteiger partial charge on any atom is -0.444 e. The molecule has 3 aromatic rings. The van der Waals surface area contributed by atoms with Crippen molar-refractivity contribution in [3.63, 3.8) is 0 Å². The summed E-state index contributed by atoms with van der Waals surface area (Å²) in [6, 6.07) is 6.13. The number of fused-ring (bicyclic) bond motifs is 1. The Morgan fingerprint density at radius 3 is 2.49 bits per heavy atom. The van der Waals surface area contributed by atoms with Crippen LogP contribution in [0, 0.1) is 11.7 Å². The van der Waals surface area contributed by atoms with Crippen molar-refractivity contribution < 1.29 is 40.3 Å². The minimum atomic E-state index is -4.36. The van der Waals surface area contributed by atoms with Crippen LogP contribution < -0.4 is 15.5 Å². The molecule has 242 valence electrons. The molecule has 5 rings (SSSR count). The number of carbonyl (C=O) groups excluding carboxylic acids is 2. The maximum absolute atomic E-state index is 15.6. The molecule has 1 aromatic heterocycles. The summed E-state index contributed by atoms with van der Waals surface area (Å²) in [6.45, 7) is 6.33. The predicted molar refractivity (Wildman–Crippen MR) is 158 cm³/mol. The van der Waals surface area contributed by atoms with Crippen LogP contribution in [0.2, 0.25) is 5.02 Å². The molecule has 2 amide bonds. The Morgan fingerprint density at radius 2 is 1.87 bits per heavy atom. The molecule has 45 heavy (non-hydrogen) atoms. The van der Waals surface area contributed by atoms with Crippen LogP contribution in [0.5, 0.6) is 0 Å². The number of rotatable bonds is 7. The smallest absolute Gasteiger partial charge is 0.408 e. The maximum atomic E-state index is 15.6. The van der Waals surface area contributed by atoms with Gasteiger partial charge in [0.2, 0.25) is 5.92 Å². The fraction of sp³-hybridized carbons (Fsp3) is 0.448. The quantitative estimate of drug-likeness (QED) is 0.329. The van der Waals surface area contributed by atoms with Gasteiger partial charge in [-0.2, -0.15) is 0 Å². The average Bonchev–Trinajstić information content (AvgIpc) is 3.35. The zero-order chi connectivity index (χ0) is 32.9. The van der Waals surface area contributed by atoms with Crippen LogP contribution in [-0.2, 0) is 25.9 Å². The predicted octanol–water partition coefficient (Wildman–Crippen LogP) is 5.59. The van der Waals surface area contributed by atoms with Gasteiger partial charge < -0.3 is 24.7 Å². The van der Waals surface area contributed by atoms with Crippen molar-refractivity contribution in [2.45, 2.75) is 75.6 Å². The van der Waals surface area contributed by atoms with E-state index in [-0.39, 0.29) is 48.5 Å². The first kappa shape index (κ1) is 32.5. The molecule has 0 saturated heterocycles. The Balaban J connectivity index is 1.52. The van der Waals surface area contributed by atoms with Gasteiger partial charge >= 0.3 is 12.1 Å². The number of sulfone groups is 1. The maximum Gasteiger partial charge on any atom is 0.408 e. The van der Waals surface area contributed by atoms with Crippen molar-refractivity contribution in [1.82, 2.24) is 15.5 Å². The molecule has 1 aliphatic heterocycles. The zero-order valence-corrected chi connectivity index (χ0v) is 26.3. The SMILES string of the molecule is CC(Nc1nnc(-c2cc3c(cc2F)S(=O)(=O)C[C@H](NC(=O)OC(C)(C)C)C(=O)N3Cc2ccc(Cl)cc2)o1)C1CC(F)(F)C1. The molecule has 2 atom stereocenters. The number of carbonyl (C=O) groups is 2. The molecule has 1 aliphatic carbocycles. The molecular formula is C29H31ClF3N5O6S. The Bertz CT molecular complexity index is 1720. The number of benzene rings is 2. The normalized spacial score (nSPS) is 20.0. The highest BCUT2D eigenvalue weighted by molar-refractivity contribution is 7.91. The molecule has 2 aromatic carbocycles. The van der Waals surface area contributed by atoms with E-state index in [1.807, 2.05) is 0 Å². The fourth-order valence-corrected chi connectivity index (χ4v) is 6.85. The summed E-state index contributed by atoms with van der Waals surface area (Å²) in [5, 5.41) is 13.3. The summed E-state index contributed by atoms with van der Waals surface area (Å²) >= 11 is 6.02. The number of alkyl halides is 2. The molecule has 1 unspecified atom stereocenters. The van der Waals surface area contributed by atoms with Crippen molar-refractivity contribution in [2.75, 3.05) is 16.0 Å². The van der Waals surface area contributed by atoms with E-state index >= 15 is 4.39 Å². The van der Waals surface area contributed by atoms with Gasteiger partial charge in [0, 0.05) is 23.9 Å². The summed E-state index contributed by atoms with van der Waals surface area (Å²) in [5.41, 5.74) is -0.864. The van der Waals surface area contributed by atoms with E-state index in [1.54, 1.807) is 52.0 Å². The number of hydrogen-bond acceptors (Lipinski definition) is 9. The van der Waals surface area contributed by atoms with Gasteiger partial charge in [0.05, 0.1) is 28.4 Å². The van der Waals surface area contributed by atoms with E-state index in [4.69, 9.17) is 20.8 Å². The third-order valence-electron chi connectivity index (χ3n) is 7.40. The lowest BCUT2D eigenvalue weighted by Gasteiger charge is -2.38. The lowest BCUT2D eigenvalue weighted by atomic mass is 9.77. The van der Waals surface area contributed by atoms with Gasteiger partial charge in [-0.15, -0.1) is 5.10 Å². The van der Waals surface area contributed by atoms with Crippen molar-refractivity contribution in [1.29, 1.82) is 0 Å². The van der Waals surface area contributed by atoms with Gasteiger partial charge in [-0.3, -0.25) is 4.79 Å². The number of ether oxygens (including phenoxy) is 1. The zero-order valence-electron chi connectivity index (χ0n) is 24.7. The second kappa shape index (κ2) is 11.8. The summed E-state index contributed by atoms with van der Waals surface area (Å²) in [6.07, 6.45) is -1.60. The lowest BCUT2D eigenvalue weighted by molar-refractivity contribution is -0.120. The first-order chi connectivity index (χ1) is 20.9.